The van der Waals surface area contributed by atoms with E-state index in [0.717, 1.165) is 62.0 Å². The summed E-state index contributed by atoms with van der Waals surface area (Å²) in [7, 11) is 0. The fourth-order valence-electron chi connectivity index (χ4n) is 12.5. The largest absolute Gasteiger partial charge is 0.309 e. The van der Waals surface area contributed by atoms with Crippen LogP contribution in [0.5, 0.6) is 0 Å². The molecule has 0 spiro atoms. The Morgan fingerprint density at radius 2 is 0.646 bits per heavy atom. The normalized spacial score (nSPS) is 11.8. The van der Waals surface area contributed by atoms with Crippen LogP contribution in [0.2, 0.25) is 0 Å². The SMILES string of the molecule is Cc1cccc(-c2cc(-c3cc(C)c(-c4ccc(-c5ccc(-n6c7ccc(-n8c9ccccc9c9ccccc98)cc7c7cc(-n8c9ccccc9c9ccccc98)ccc76)cc5)cc4)cc3C)nc(-c3cccc(C)c3)n2)c1. The number of benzene rings is 11. The first-order valence-corrected chi connectivity index (χ1v) is 27.2. The molecule has 5 heteroatoms. The number of aryl methyl sites for hydroxylation is 4. The number of fused-ring (bicyclic) bond motifs is 9. The number of para-hydroxylation sites is 4. The average molecular weight is 1010 g/mol. The van der Waals surface area contributed by atoms with Crippen LogP contribution < -0.4 is 0 Å². The van der Waals surface area contributed by atoms with Crippen LogP contribution in [-0.2, 0) is 0 Å². The number of nitrogens with zero attached hydrogens (tertiary/aromatic N) is 5. The van der Waals surface area contributed by atoms with Gasteiger partial charge < -0.3 is 13.7 Å². The minimum absolute atomic E-state index is 0.729. The van der Waals surface area contributed by atoms with E-state index in [1.807, 2.05) is 0 Å². The van der Waals surface area contributed by atoms with Crippen molar-refractivity contribution in [3.63, 3.8) is 0 Å². The Balaban J connectivity index is 0.799. The van der Waals surface area contributed by atoms with Crippen molar-refractivity contribution in [1.29, 1.82) is 0 Å². The molecule has 15 rings (SSSR count). The van der Waals surface area contributed by atoms with Gasteiger partial charge in [0.05, 0.1) is 44.5 Å². The molecule has 0 atom stereocenters. The van der Waals surface area contributed by atoms with E-state index in [1.54, 1.807) is 0 Å². The second-order valence-electron chi connectivity index (χ2n) is 21.3. The third-order valence-electron chi connectivity index (χ3n) is 16.2. The summed E-state index contributed by atoms with van der Waals surface area (Å²) in [6, 6.07) is 90.9. The van der Waals surface area contributed by atoms with Crippen LogP contribution in [0.3, 0.4) is 0 Å². The molecule has 4 aromatic heterocycles. The molecule has 4 heterocycles. The van der Waals surface area contributed by atoms with E-state index < -0.39 is 0 Å². The standard InChI is InChI=1S/C74H53N5/c1-46-15-13-17-53(39-46)66-45-67(76-74(75-66)54-18-14-16-47(2)40-54)63-42-48(3)62(41-49(63)4)52-29-27-50(28-30-52)51-31-33-55(34-32-51)77-72-37-35-56(78-68-23-9-5-19-58(68)59-20-6-10-24-69(59)78)43-64(72)65-44-57(36-38-73(65)77)79-70-25-11-7-21-60(70)61-22-8-12-26-71(61)79/h5-45H,1-4H3. The Hall–Kier alpha value is -10.1. The van der Waals surface area contributed by atoms with Gasteiger partial charge in [0.25, 0.3) is 0 Å². The van der Waals surface area contributed by atoms with Gasteiger partial charge >= 0.3 is 0 Å². The van der Waals surface area contributed by atoms with Crippen LogP contribution in [0.4, 0.5) is 0 Å². The molecule has 0 saturated carbocycles. The van der Waals surface area contributed by atoms with Gasteiger partial charge in [0.15, 0.2) is 5.82 Å². The average Bonchev–Trinajstić information content (AvgIpc) is 4.13. The van der Waals surface area contributed by atoms with Crippen LogP contribution in [0.1, 0.15) is 22.3 Å². The monoisotopic (exact) mass is 1010 g/mol. The van der Waals surface area contributed by atoms with Crippen molar-refractivity contribution in [2.45, 2.75) is 27.7 Å². The second-order valence-corrected chi connectivity index (χ2v) is 21.3. The fourth-order valence-corrected chi connectivity index (χ4v) is 12.5. The molecule has 0 aliphatic carbocycles. The topological polar surface area (TPSA) is 40.6 Å². The molecule has 5 nitrogen and oxygen atoms in total. The van der Waals surface area contributed by atoms with Crippen molar-refractivity contribution < 1.29 is 0 Å². The lowest BCUT2D eigenvalue weighted by Gasteiger charge is -2.15. The molecule has 0 amide bonds. The quantitative estimate of drug-likeness (QED) is 0.152. The molecule has 374 valence electrons. The Morgan fingerprint density at radius 3 is 1.16 bits per heavy atom. The lowest BCUT2D eigenvalue weighted by Crippen LogP contribution is -1.98. The van der Waals surface area contributed by atoms with Crippen molar-refractivity contribution in [2.24, 2.45) is 0 Å². The van der Waals surface area contributed by atoms with E-state index in [-0.39, 0.29) is 0 Å². The molecule has 0 aliphatic rings. The maximum Gasteiger partial charge on any atom is 0.160 e. The highest BCUT2D eigenvalue weighted by atomic mass is 15.0. The number of hydrogen-bond acceptors (Lipinski definition) is 2. The molecule has 11 aromatic carbocycles. The molecule has 0 saturated heterocycles. The Kier molecular flexibility index (Phi) is 10.7. The lowest BCUT2D eigenvalue weighted by atomic mass is 9.92. The minimum atomic E-state index is 0.729. The van der Waals surface area contributed by atoms with Crippen molar-refractivity contribution in [3.8, 4) is 73.2 Å². The van der Waals surface area contributed by atoms with Crippen LogP contribution in [0.15, 0.2) is 249 Å². The molecular weight excluding hydrogens is 959 g/mol. The van der Waals surface area contributed by atoms with Crippen molar-refractivity contribution >= 4 is 65.4 Å². The number of hydrogen-bond donors (Lipinski definition) is 0. The Bertz CT molecular complexity index is 4590. The van der Waals surface area contributed by atoms with Gasteiger partial charge in [-0.3, -0.25) is 0 Å². The highest BCUT2D eigenvalue weighted by molar-refractivity contribution is 6.14. The second kappa shape index (κ2) is 18.3. The minimum Gasteiger partial charge on any atom is -0.309 e. The molecule has 0 bridgehead atoms. The third kappa shape index (κ3) is 7.68. The predicted molar refractivity (Wildman–Crippen MR) is 331 cm³/mol. The van der Waals surface area contributed by atoms with Crippen LogP contribution in [0.25, 0.3) is 139 Å². The molecule has 79 heavy (non-hydrogen) atoms. The maximum atomic E-state index is 5.21. The summed E-state index contributed by atoms with van der Waals surface area (Å²) in [6.45, 7) is 8.64. The molecule has 0 fully saturated rings. The van der Waals surface area contributed by atoms with E-state index >= 15 is 0 Å². The van der Waals surface area contributed by atoms with Crippen molar-refractivity contribution in [2.75, 3.05) is 0 Å². The van der Waals surface area contributed by atoms with Gasteiger partial charge in [-0.05, 0) is 158 Å². The number of rotatable bonds is 8. The summed E-state index contributed by atoms with van der Waals surface area (Å²) in [4.78, 5) is 10.3. The zero-order valence-electron chi connectivity index (χ0n) is 44.4. The van der Waals surface area contributed by atoms with Gasteiger partial charge in [0, 0.05) is 66.1 Å². The molecule has 0 unspecified atom stereocenters. The van der Waals surface area contributed by atoms with Crippen LogP contribution in [-0.4, -0.2) is 23.7 Å². The molecule has 15 aromatic rings. The first-order chi connectivity index (χ1) is 38.8. The summed E-state index contributed by atoms with van der Waals surface area (Å²) in [5, 5.41) is 7.41. The molecule has 0 aliphatic heterocycles. The van der Waals surface area contributed by atoms with Crippen molar-refractivity contribution in [3.05, 3.63) is 271 Å². The zero-order chi connectivity index (χ0) is 52.9. The highest BCUT2D eigenvalue weighted by Gasteiger charge is 2.20. The van der Waals surface area contributed by atoms with Crippen molar-refractivity contribution in [1.82, 2.24) is 23.7 Å². The summed E-state index contributed by atoms with van der Waals surface area (Å²) >= 11 is 0. The predicted octanol–water partition coefficient (Wildman–Crippen LogP) is 19.3. The van der Waals surface area contributed by atoms with Gasteiger partial charge in [-0.15, -0.1) is 0 Å². The summed E-state index contributed by atoms with van der Waals surface area (Å²) in [5.41, 5.74) is 25.0. The highest BCUT2D eigenvalue weighted by Crippen LogP contribution is 2.41. The van der Waals surface area contributed by atoms with E-state index in [0.29, 0.717) is 0 Å². The lowest BCUT2D eigenvalue weighted by molar-refractivity contribution is 1.16. The summed E-state index contributed by atoms with van der Waals surface area (Å²) < 4.78 is 7.28. The Labute approximate surface area is 458 Å². The van der Waals surface area contributed by atoms with E-state index in [9.17, 15) is 0 Å². The zero-order valence-corrected chi connectivity index (χ0v) is 44.4. The van der Waals surface area contributed by atoms with Gasteiger partial charge in [-0.1, -0.05) is 163 Å². The van der Waals surface area contributed by atoms with Gasteiger partial charge in [-0.25, -0.2) is 9.97 Å². The van der Waals surface area contributed by atoms with Gasteiger partial charge in [-0.2, -0.15) is 0 Å². The van der Waals surface area contributed by atoms with Gasteiger partial charge in [0.2, 0.25) is 0 Å². The summed E-state index contributed by atoms with van der Waals surface area (Å²) in [6.07, 6.45) is 0. The first-order valence-electron chi connectivity index (χ1n) is 27.2. The van der Waals surface area contributed by atoms with Gasteiger partial charge in [0.1, 0.15) is 0 Å². The third-order valence-corrected chi connectivity index (χ3v) is 16.2. The molecule has 0 radical (unpaired) electrons. The van der Waals surface area contributed by atoms with E-state index in [2.05, 4.69) is 290 Å². The fraction of sp³-hybridized carbons (Fsp3) is 0.0541. The number of aromatic nitrogens is 5. The smallest absolute Gasteiger partial charge is 0.160 e. The summed E-state index contributed by atoms with van der Waals surface area (Å²) in [5.74, 6) is 0.729. The van der Waals surface area contributed by atoms with E-state index in [4.69, 9.17) is 9.97 Å². The van der Waals surface area contributed by atoms with Crippen LogP contribution in [0, 0.1) is 27.7 Å². The molecular formula is C74H53N5. The molecule has 0 N–H and O–H groups in total. The Morgan fingerprint density at radius 1 is 0.253 bits per heavy atom. The first kappa shape index (κ1) is 46.2. The van der Waals surface area contributed by atoms with Crippen LogP contribution >= 0.6 is 0 Å². The van der Waals surface area contributed by atoms with E-state index in [1.165, 1.54) is 98.9 Å². The maximum absolute atomic E-state index is 5.21.